The molecular weight excluding hydrogens is 194 g/mol. The maximum absolute atomic E-state index is 10.8. The minimum atomic E-state index is -0.373. The van der Waals surface area contributed by atoms with Crippen LogP contribution in [-0.2, 0) is 4.79 Å². The van der Waals surface area contributed by atoms with Gasteiger partial charge in [-0.25, -0.2) is 15.0 Å². The van der Waals surface area contributed by atoms with Crippen LogP contribution in [0.3, 0.4) is 0 Å². The van der Waals surface area contributed by atoms with Crippen LogP contribution >= 0.6 is 0 Å². The smallest absolute Gasteiger partial charge is 0.301 e. The first-order valence-corrected chi connectivity index (χ1v) is 2.63. The summed E-state index contributed by atoms with van der Waals surface area (Å²) in [4.78, 5) is 25.3. The van der Waals surface area contributed by atoms with Gasteiger partial charge in [0.15, 0.2) is 11.5 Å². The summed E-state index contributed by atoms with van der Waals surface area (Å²) in [5.74, 6) is -0.0116. The van der Waals surface area contributed by atoms with E-state index in [0.717, 1.165) is 0 Å². The second-order valence-electron chi connectivity index (χ2n) is 1.72. The SMILES string of the molecule is O.O=C1N=CN=C2N=CN=C12.[Na].[Na]. The maximum Gasteiger partial charge on any atom is 0.301 e. The molecular formula is C5H4N4Na2O2. The third kappa shape index (κ3) is 3.17. The topological polar surface area (TPSA) is 98.0 Å². The molecule has 58 valence electrons. The molecule has 1 amide bonds. The third-order valence-corrected chi connectivity index (χ3v) is 1.14. The van der Waals surface area contributed by atoms with E-state index in [0.29, 0.717) is 5.84 Å². The van der Waals surface area contributed by atoms with Gasteiger partial charge in [-0.2, -0.15) is 4.99 Å². The van der Waals surface area contributed by atoms with Crippen molar-refractivity contribution in [2.45, 2.75) is 0 Å². The molecule has 0 saturated carbocycles. The summed E-state index contributed by atoms with van der Waals surface area (Å²) >= 11 is 0. The van der Waals surface area contributed by atoms with Crippen molar-refractivity contribution in [2.75, 3.05) is 0 Å². The minimum Gasteiger partial charge on any atom is -0.412 e. The summed E-state index contributed by atoms with van der Waals surface area (Å²) in [5.41, 5.74) is 0.238. The summed E-state index contributed by atoms with van der Waals surface area (Å²) in [5, 5.41) is 0. The first-order chi connectivity index (χ1) is 4.88. The Morgan fingerprint density at radius 3 is 2.23 bits per heavy atom. The van der Waals surface area contributed by atoms with Crippen molar-refractivity contribution in [2.24, 2.45) is 20.0 Å². The number of hydrogen-bond donors (Lipinski definition) is 0. The van der Waals surface area contributed by atoms with Crippen molar-refractivity contribution in [3.63, 3.8) is 0 Å². The molecule has 2 N–H and O–H groups in total. The van der Waals surface area contributed by atoms with Crippen molar-refractivity contribution < 1.29 is 10.3 Å². The standard InChI is InChI=1S/C5H2N4O.2Na.H2O/c10-5-3-4(7-1-6-3)8-2-9-5;;;/h1-2H;;;1H2. The molecule has 0 aromatic heterocycles. The van der Waals surface area contributed by atoms with Crippen LogP contribution in [0.1, 0.15) is 0 Å². The molecule has 0 aromatic carbocycles. The molecule has 0 bridgehead atoms. The van der Waals surface area contributed by atoms with Gasteiger partial charge in [0.1, 0.15) is 12.7 Å². The predicted octanol–water partition coefficient (Wildman–Crippen LogP) is -2.15. The fourth-order valence-electron chi connectivity index (χ4n) is 0.703. The summed E-state index contributed by atoms with van der Waals surface area (Å²) in [7, 11) is 0. The Labute approximate surface area is 118 Å². The van der Waals surface area contributed by atoms with Gasteiger partial charge in [0, 0.05) is 59.1 Å². The summed E-state index contributed by atoms with van der Waals surface area (Å²) in [6, 6.07) is 0. The van der Waals surface area contributed by atoms with Crippen LogP contribution in [0.15, 0.2) is 20.0 Å². The molecule has 8 heteroatoms. The van der Waals surface area contributed by atoms with E-state index in [1.165, 1.54) is 12.7 Å². The van der Waals surface area contributed by atoms with Gasteiger partial charge in [-0.3, -0.25) is 4.79 Å². The van der Waals surface area contributed by atoms with Crippen LogP contribution in [0, 0.1) is 0 Å². The fraction of sp³-hybridized carbons (Fsp3) is 0. The van der Waals surface area contributed by atoms with Gasteiger partial charge in [0.25, 0.3) is 0 Å². The Morgan fingerprint density at radius 1 is 1.00 bits per heavy atom. The Balaban J connectivity index is 0. The van der Waals surface area contributed by atoms with E-state index in [-0.39, 0.29) is 76.2 Å². The number of nitrogens with zero attached hydrogens (tertiary/aromatic N) is 4. The number of rotatable bonds is 0. The van der Waals surface area contributed by atoms with Crippen LogP contribution in [0.4, 0.5) is 0 Å². The molecule has 0 saturated heterocycles. The summed E-state index contributed by atoms with van der Waals surface area (Å²) < 4.78 is 0. The second-order valence-corrected chi connectivity index (χ2v) is 1.72. The first-order valence-electron chi connectivity index (χ1n) is 2.63. The van der Waals surface area contributed by atoms with Gasteiger partial charge in [-0.15, -0.1) is 0 Å². The Morgan fingerprint density at radius 2 is 1.62 bits per heavy atom. The number of carbonyl (C=O) groups is 1. The molecule has 13 heavy (non-hydrogen) atoms. The summed E-state index contributed by atoms with van der Waals surface area (Å²) in [6.07, 6.45) is 2.47. The van der Waals surface area contributed by atoms with Gasteiger partial charge in [0.2, 0.25) is 0 Å². The largest absolute Gasteiger partial charge is 0.412 e. The molecule has 2 heterocycles. The van der Waals surface area contributed by atoms with Crippen molar-refractivity contribution in [1.29, 1.82) is 0 Å². The van der Waals surface area contributed by atoms with E-state index in [9.17, 15) is 4.79 Å². The quantitative estimate of drug-likeness (QED) is 0.407. The van der Waals surface area contributed by atoms with E-state index in [1.54, 1.807) is 0 Å². The Kier molecular flexibility index (Phi) is 8.15. The van der Waals surface area contributed by atoms with E-state index >= 15 is 0 Å². The van der Waals surface area contributed by atoms with Crippen molar-refractivity contribution in [3.05, 3.63) is 0 Å². The Hall–Kier alpha value is 0.310. The van der Waals surface area contributed by atoms with E-state index in [4.69, 9.17) is 0 Å². The number of amides is 1. The van der Waals surface area contributed by atoms with E-state index < -0.39 is 0 Å². The van der Waals surface area contributed by atoms with Gasteiger partial charge in [-0.1, -0.05) is 0 Å². The van der Waals surface area contributed by atoms with Crippen molar-refractivity contribution in [1.82, 2.24) is 0 Å². The van der Waals surface area contributed by atoms with Crippen molar-refractivity contribution in [3.8, 4) is 0 Å². The van der Waals surface area contributed by atoms with Gasteiger partial charge in [-0.05, 0) is 0 Å². The molecule has 0 atom stereocenters. The molecule has 0 unspecified atom stereocenters. The molecule has 2 radical (unpaired) electrons. The monoisotopic (exact) mass is 198 g/mol. The van der Waals surface area contributed by atoms with Crippen LogP contribution in [0.5, 0.6) is 0 Å². The molecule has 0 aliphatic carbocycles. The number of hydrogen-bond acceptors (Lipinski definition) is 4. The predicted molar refractivity (Wildman–Crippen MR) is 52.0 cm³/mol. The van der Waals surface area contributed by atoms with E-state index in [2.05, 4.69) is 20.0 Å². The summed E-state index contributed by atoms with van der Waals surface area (Å²) in [6.45, 7) is 0. The maximum atomic E-state index is 10.8. The van der Waals surface area contributed by atoms with Gasteiger partial charge < -0.3 is 5.48 Å². The third-order valence-electron chi connectivity index (χ3n) is 1.14. The number of amidine groups is 1. The number of aliphatic imine (C=N–C) groups is 4. The molecule has 0 aromatic rings. The zero-order chi connectivity index (χ0) is 6.97. The van der Waals surface area contributed by atoms with Crippen LogP contribution < -0.4 is 0 Å². The minimum absolute atomic E-state index is 0. The van der Waals surface area contributed by atoms with Crippen molar-refractivity contribution >= 4 is 89.2 Å². The van der Waals surface area contributed by atoms with Crippen LogP contribution in [0.2, 0.25) is 0 Å². The van der Waals surface area contributed by atoms with Crippen LogP contribution in [0.25, 0.3) is 0 Å². The molecule has 6 nitrogen and oxygen atoms in total. The average molecular weight is 198 g/mol. The van der Waals surface area contributed by atoms with Gasteiger partial charge in [0.05, 0.1) is 0 Å². The molecule has 2 aliphatic rings. The Bertz CT molecular complexity index is 314. The van der Waals surface area contributed by atoms with Gasteiger partial charge >= 0.3 is 5.91 Å². The normalized spacial score (nSPS) is 15.8. The molecule has 2 aliphatic heterocycles. The van der Waals surface area contributed by atoms with E-state index in [1.807, 2.05) is 0 Å². The second kappa shape index (κ2) is 6.72. The first kappa shape index (κ1) is 15.8. The zero-order valence-electron chi connectivity index (χ0n) is 7.35. The molecule has 0 spiro atoms. The molecule has 0 fully saturated rings. The fourth-order valence-corrected chi connectivity index (χ4v) is 0.703. The number of carbonyl (C=O) groups excluding carboxylic acids is 1. The zero-order valence-corrected chi connectivity index (χ0v) is 11.4. The number of fused-ring (bicyclic) bond motifs is 1. The van der Waals surface area contributed by atoms with Crippen LogP contribution in [-0.4, -0.2) is 94.7 Å². The molecule has 2 rings (SSSR count). The average Bonchev–Trinajstić information content (AvgIpc) is 2.36.